The zero-order valence-corrected chi connectivity index (χ0v) is 8.71. The summed E-state index contributed by atoms with van der Waals surface area (Å²) in [7, 11) is 0. The molecule has 13 heavy (non-hydrogen) atoms. The van der Waals surface area contributed by atoms with Gasteiger partial charge in [-0.3, -0.25) is 0 Å². The highest BCUT2D eigenvalue weighted by molar-refractivity contribution is 5.37. The van der Waals surface area contributed by atoms with E-state index < -0.39 is 0 Å². The summed E-state index contributed by atoms with van der Waals surface area (Å²) in [6, 6.07) is 8.30. The van der Waals surface area contributed by atoms with Crippen LogP contribution in [0.25, 0.3) is 0 Å². The van der Waals surface area contributed by atoms with E-state index in [0.29, 0.717) is 5.92 Å². The second-order valence-electron chi connectivity index (χ2n) is 3.08. The first-order valence-corrected chi connectivity index (χ1v) is 5.09. The quantitative estimate of drug-likeness (QED) is 0.590. The van der Waals surface area contributed by atoms with E-state index >= 15 is 0 Å². The number of fused-ring (bicyclic) bond motifs is 1. The van der Waals surface area contributed by atoms with Gasteiger partial charge in [0.1, 0.15) is 5.75 Å². The van der Waals surface area contributed by atoms with E-state index in [2.05, 4.69) is 19.1 Å². The third-order valence-corrected chi connectivity index (χ3v) is 2.26. The van der Waals surface area contributed by atoms with E-state index in [4.69, 9.17) is 4.74 Å². The maximum atomic E-state index is 5.49. The Kier molecular flexibility index (Phi) is 3.81. The summed E-state index contributed by atoms with van der Waals surface area (Å²) in [6.45, 7) is 7.12. The Morgan fingerprint density at radius 1 is 1.23 bits per heavy atom. The Bertz CT molecular complexity index is 255. The minimum atomic E-state index is 0.667. The molecule has 1 aliphatic rings. The molecule has 1 aliphatic heterocycles. The molecular formula is C12H18O. The van der Waals surface area contributed by atoms with Crippen LogP contribution in [0.1, 0.15) is 38.7 Å². The molecule has 1 aromatic rings. The average molecular weight is 178 g/mol. The summed E-state index contributed by atoms with van der Waals surface area (Å²) in [5.74, 6) is 1.74. The molecule has 0 saturated heterocycles. The Labute approximate surface area is 80.7 Å². The molecule has 1 atom stereocenters. The van der Waals surface area contributed by atoms with Crippen LogP contribution in [0.5, 0.6) is 5.75 Å². The number of para-hydroxylation sites is 1. The maximum absolute atomic E-state index is 5.49. The Balaban J connectivity index is 0.000000396. The Hall–Kier alpha value is -0.980. The predicted molar refractivity (Wildman–Crippen MR) is 56.3 cm³/mol. The molecule has 1 heteroatoms. The van der Waals surface area contributed by atoms with Crippen LogP contribution in [-0.4, -0.2) is 6.61 Å². The zero-order chi connectivity index (χ0) is 9.68. The Morgan fingerprint density at radius 2 is 1.92 bits per heavy atom. The molecule has 1 nitrogen and oxygen atoms in total. The second-order valence-corrected chi connectivity index (χ2v) is 3.08. The molecule has 0 saturated carbocycles. The van der Waals surface area contributed by atoms with Gasteiger partial charge in [0.05, 0.1) is 6.61 Å². The third kappa shape index (κ3) is 2.24. The lowest BCUT2D eigenvalue weighted by Crippen LogP contribution is -2.11. The third-order valence-electron chi connectivity index (χ3n) is 2.26. The van der Waals surface area contributed by atoms with Crippen molar-refractivity contribution in [1.82, 2.24) is 0 Å². The fourth-order valence-electron chi connectivity index (χ4n) is 1.52. The van der Waals surface area contributed by atoms with Crippen molar-refractivity contribution in [2.45, 2.75) is 33.1 Å². The highest BCUT2D eigenvalue weighted by Gasteiger charge is 2.15. The molecule has 0 aromatic heterocycles. The molecule has 1 heterocycles. The first-order chi connectivity index (χ1) is 6.38. The van der Waals surface area contributed by atoms with E-state index in [1.54, 1.807) is 0 Å². The lowest BCUT2D eigenvalue weighted by Gasteiger charge is -2.22. The van der Waals surface area contributed by atoms with Crippen molar-refractivity contribution in [2.75, 3.05) is 6.61 Å². The number of ether oxygens (including phenoxy) is 1. The minimum absolute atomic E-state index is 0.667. The van der Waals surface area contributed by atoms with Gasteiger partial charge in [-0.2, -0.15) is 0 Å². The van der Waals surface area contributed by atoms with Crippen molar-refractivity contribution >= 4 is 0 Å². The van der Waals surface area contributed by atoms with Crippen molar-refractivity contribution in [3.05, 3.63) is 29.8 Å². The average Bonchev–Trinajstić information content (AvgIpc) is 2.22. The molecule has 0 spiro atoms. The van der Waals surface area contributed by atoms with Crippen LogP contribution in [-0.2, 0) is 0 Å². The molecule has 2 rings (SSSR count). The summed E-state index contributed by atoms with van der Waals surface area (Å²) in [6.07, 6.45) is 1.15. The fraction of sp³-hybridized carbons (Fsp3) is 0.500. The molecule has 0 fully saturated rings. The summed E-state index contributed by atoms with van der Waals surface area (Å²) in [4.78, 5) is 0. The van der Waals surface area contributed by atoms with Crippen LogP contribution >= 0.6 is 0 Å². The number of rotatable bonds is 0. The number of hydrogen-bond acceptors (Lipinski definition) is 1. The van der Waals surface area contributed by atoms with Gasteiger partial charge in [-0.1, -0.05) is 39.0 Å². The fourth-order valence-corrected chi connectivity index (χ4v) is 1.52. The predicted octanol–water partition coefficient (Wildman–Crippen LogP) is 3.60. The van der Waals surface area contributed by atoms with E-state index in [1.165, 1.54) is 5.56 Å². The standard InChI is InChI=1S/C10H12O.C2H6/c1-8-6-7-11-10-5-3-2-4-9(8)10;1-2/h2-5,8H,6-7H2,1H3;1-2H3. The van der Waals surface area contributed by atoms with Gasteiger partial charge >= 0.3 is 0 Å². The van der Waals surface area contributed by atoms with E-state index in [9.17, 15) is 0 Å². The van der Waals surface area contributed by atoms with Gasteiger partial charge in [0.25, 0.3) is 0 Å². The molecule has 0 radical (unpaired) electrons. The lowest BCUT2D eigenvalue weighted by molar-refractivity contribution is 0.272. The van der Waals surface area contributed by atoms with Gasteiger partial charge in [-0.05, 0) is 24.0 Å². The van der Waals surface area contributed by atoms with Crippen molar-refractivity contribution in [2.24, 2.45) is 0 Å². The molecule has 1 aromatic carbocycles. The maximum Gasteiger partial charge on any atom is 0.122 e. The normalized spacial score (nSPS) is 19.2. The molecule has 1 unspecified atom stereocenters. The van der Waals surface area contributed by atoms with E-state index in [-0.39, 0.29) is 0 Å². The van der Waals surface area contributed by atoms with Crippen LogP contribution in [0.15, 0.2) is 24.3 Å². The molecule has 0 bridgehead atoms. The molecule has 0 amide bonds. The SMILES string of the molecule is CC.CC1CCOc2ccccc21. The zero-order valence-electron chi connectivity index (χ0n) is 8.71. The first kappa shape index (κ1) is 10.1. The van der Waals surface area contributed by atoms with Crippen molar-refractivity contribution in [3.63, 3.8) is 0 Å². The molecule has 0 N–H and O–H groups in total. The van der Waals surface area contributed by atoms with Crippen LogP contribution in [0.4, 0.5) is 0 Å². The van der Waals surface area contributed by atoms with Gasteiger partial charge in [0.15, 0.2) is 0 Å². The lowest BCUT2D eigenvalue weighted by atomic mass is 9.95. The summed E-state index contributed by atoms with van der Waals surface area (Å²) in [5.41, 5.74) is 1.36. The van der Waals surface area contributed by atoms with Crippen LogP contribution in [0.3, 0.4) is 0 Å². The van der Waals surface area contributed by atoms with Gasteiger partial charge < -0.3 is 4.74 Å². The first-order valence-electron chi connectivity index (χ1n) is 5.09. The topological polar surface area (TPSA) is 9.23 Å². The summed E-state index contributed by atoms with van der Waals surface area (Å²) < 4.78 is 5.49. The van der Waals surface area contributed by atoms with Gasteiger partial charge in [0, 0.05) is 0 Å². The Morgan fingerprint density at radius 3 is 2.62 bits per heavy atom. The molecular weight excluding hydrogens is 160 g/mol. The highest BCUT2D eigenvalue weighted by Crippen LogP contribution is 2.32. The number of hydrogen-bond donors (Lipinski definition) is 0. The van der Waals surface area contributed by atoms with Gasteiger partial charge in [-0.15, -0.1) is 0 Å². The molecule has 72 valence electrons. The van der Waals surface area contributed by atoms with E-state index in [1.807, 2.05) is 26.0 Å². The van der Waals surface area contributed by atoms with Gasteiger partial charge in [0.2, 0.25) is 0 Å². The van der Waals surface area contributed by atoms with Crippen LogP contribution in [0, 0.1) is 0 Å². The smallest absolute Gasteiger partial charge is 0.122 e. The minimum Gasteiger partial charge on any atom is -0.493 e. The van der Waals surface area contributed by atoms with E-state index in [0.717, 1.165) is 18.8 Å². The number of benzene rings is 1. The van der Waals surface area contributed by atoms with Gasteiger partial charge in [-0.25, -0.2) is 0 Å². The second kappa shape index (κ2) is 4.90. The summed E-state index contributed by atoms with van der Waals surface area (Å²) in [5, 5.41) is 0. The van der Waals surface area contributed by atoms with Crippen LogP contribution < -0.4 is 4.74 Å². The van der Waals surface area contributed by atoms with Crippen LogP contribution in [0.2, 0.25) is 0 Å². The van der Waals surface area contributed by atoms with Crippen molar-refractivity contribution in [1.29, 1.82) is 0 Å². The monoisotopic (exact) mass is 178 g/mol. The molecule has 0 aliphatic carbocycles. The van der Waals surface area contributed by atoms with Crippen molar-refractivity contribution < 1.29 is 4.74 Å². The highest BCUT2D eigenvalue weighted by atomic mass is 16.5. The van der Waals surface area contributed by atoms with Crippen molar-refractivity contribution in [3.8, 4) is 5.75 Å². The summed E-state index contributed by atoms with van der Waals surface area (Å²) >= 11 is 0. The largest absolute Gasteiger partial charge is 0.493 e.